The van der Waals surface area contributed by atoms with Crippen molar-refractivity contribution in [3.05, 3.63) is 0 Å². The van der Waals surface area contributed by atoms with Gasteiger partial charge in [0.15, 0.2) is 0 Å². The third-order valence-corrected chi connectivity index (χ3v) is 6.68. The van der Waals surface area contributed by atoms with Gasteiger partial charge in [-0.2, -0.15) is 0 Å². The maximum absolute atomic E-state index is 12.7. The van der Waals surface area contributed by atoms with Crippen LogP contribution in [0.2, 0.25) is 0 Å². The van der Waals surface area contributed by atoms with Gasteiger partial charge >= 0.3 is 0 Å². The molecule has 4 heteroatoms. The van der Waals surface area contributed by atoms with Crippen LogP contribution >= 0.6 is 0 Å². The summed E-state index contributed by atoms with van der Waals surface area (Å²) in [7, 11) is 0. The third-order valence-electron chi connectivity index (χ3n) is 6.68. The summed E-state index contributed by atoms with van der Waals surface area (Å²) >= 11 is 0. The summed E-state index contributed by atoms with van der Waals surface area (Å²) in [5, 5.41) is 3.20. The number of hydrogen-bond acceptors (Lipinski definition) is 2. The van der Waals surface area contributed by atoms with Crippen LogP contribution in [0.1, 0.15) is 57.8 Å². The Kier molecular flexibility index (Phi) is 3.87. The molecule has 0 unspecified atom stereocenters. The molecule has 3 aliphatic carbocycles. The number of nitrogens with zero attached hydrogens (tertiary/aromatic N) is 1. The van der Waals surface area contributed by atoms with E-state index in [0.29, 0.717) is 17.7 Å². The number of carbonyl (C=O) groups excluding carboxylic acids is 2. The summed E-state index contributed by atoms with van der Waals surface area (Å²) in [4.78, 5) is 26.8. The molecule has 4 rings (SSSR count). The molecule has 3 saturated carbocycles. The quantitative estimate of drug-likeness (QED) is 0.870. The molecule has 4 nitrogen and oxygen atoms in total. The first-order valence-corrected chi connectivity index (χ1v) is 9.30. The molecule has 2 bridgehead atoms. The number of rotatable bonds is 3. The molecule has 122 valence electrons. The van der Waals surface area contributed by atoms with Gasteiger partial charge in [0.25, 0.3) is 0 Å². The fourth-order valence-corrected chi connectivity index (χ4v) is 5.02. The van der Waals surface area contributed by atoms with Gasteiger partial charge in [-0.25, -0.2) is 0 Å². The Balaban J connectivity index is 1.25. The second-order valence-corrected chi connectivity index (χ2v) is 8.02. The first-order chi connectivity index (χ1) is 10.7. The number of likely N-dealkylation sites (tertiary alicyclic amines) is 1. The first kappa shape index (κ1) is 14.5. The maximum atomic E-state index is 12.7. The number of hydrogen-bond donors (Lipinski definition) is 1. The predicted octanol–water partition coefficient (Wildman–Crippen LogP) is 2.33. The van der Waals surface area contributed by atoms with Crippen LogP contribution in [0.5, 0.6) is 0 Å². The highest BCUT2D eigenvalue weighted by molar-refractivity contribution is 5.80. The number of fused-ring (bicyclic) bond motifs is 2. The van der Waals surface area contributed by atoms with Crippen molar-refractivity contribution < 1.29 is 9.59 Å². The van der Waals surface area contributed by atoms with E-state index in [-0.39, 0.29) is 17.9 Å². The summed E-state index contributed by atoms with van der Waals surface area (Å²) < 4.78 is 0. The molecule has 4 fully saturated rings. The Hall–Kier alpha value is -1.06. The van der Waals surface area contributed by atoms with Gasteiger partial charge in [0, 0.05) is 31.0 Å². The molecule has 1 heterocycles. The number of nitrogens with one attached hydrogen (secondary N) is 1. The van der Waals surface area contributed by atoms with E-state index in [4.69, 9.17) is 0 Å². The van der Waals surface area contributed by atoms with Gasteiger partial charge in [-0.05, 0) is 56.8 Å². The topological polar surface area (TPSA) is 49.4 Å². The van der Waals surface area contributed by atoms with Crippen molar-refractivity contribution in [2.45, 2.75) is 63.8 Å². The van der Waals surface area contributed by atoms with E-state index in [1.165, 1.54) is 25.7 Å². The molecular formula is C18H28N2O2. The summed E-state index contributed by atoms with van der Waals surface area (Å²) in [6.45, 7) is 1.67. The third kappa shape index (κ3) is 2.65. The van der Waals surface area contributed by atoms with Crippen LogP contribution in [-0.2, 0) is 9.59 Å². The fourth-order valence-electron chi connectivity index (χ4n) is 5.02. The number of carbonyl (C=O) groups is 2. The molecule has 22 heavy (non-hydrogen) atoms. The minimum atomic E-state index is 0.254. The van der Waals surface area contributed by atoms with Crippen LogP contribution in [0.3, 0.4) is 0 Å². The van der Waals surface area contributed by atoms with Crippen molar-refractivity contribution in [1.82, 2.24) is 10.2 Å². The molecule has 0 aromatic rings. The zero-order valence-electron chi connectivity index (χ0n) is 13.4. The van der Waals surface area contributed by atoms with Gasteiger partial charge in [0.1, 0.15) is 0 Å². The zero-order valence-corrected chi connectivity index (χ0v) is 13.4. The second-order valence-electron chi connectivity index (χ2n) is 8.02. The average Bonchev–Trinajstić information content (AvgIpc) is 3.08. The highest BCUT2D eigenvalue weighted by Gasteiger charge is 2.44. The predicted molar refractivity (Wildman–Crippen MR) is 84.0 cm³/mol. The van der Waals surface area contributed by atoms with Gasteiger partial charge < -0.3 is 10.2 Å². The van der Waals surface area contributed by atoms with E-state index in [9.17, 15) is 9.59 Å². The largest absolute Gasteiger partial charge is 0.353 e. The van der Waals surface area contributed by atoms with E-state index >= 15 is 0 Å². The first-order valence-electron chi connectivity index (χ1n) is 9.30. The Labute approximate surface area is 133 Å². The maximum Gasteiger partial charge on any atom is 0.225 e. The van der Waals surface area contributed by atoms with Crippen molar-refractivity contribution in [1.29, 1.82) is 0 Å². The second kappa shape index (κ2) is 5.86. The highest BCUT2D eigenvalue weighted by atomic mass is 16.2. The lowest BCUT2D eigenvalue weighted by Crippen LogP contribution is -2.50. The normalized spacial score (nSPS) is 35.5. The smallest absolute Gasteiger partial charge is 0.225 e. The zero-order chi connectivity index (χ0) is 15.1. The number of amides is 2. The lowest BCUT2D eigenvalue weighted by atomic mass is 9.84. The lowest BCUT2D eigenvalue weighted by molar-refractivity contribution is -0.138. The van der Waals surface area contributed by atoms with Crippen LogP contribution in [-0.4, -0.2) is 35.8 Å². The molecule has 3 atom stereocenters. The van der Waals surface area contributed by atoms with E-state index in [1.54, 1.807) is 0 Å². The average molecular weight is 304 g/mol. The summed E-state index contributed by atoms with van der Waals surface area (Å²) in [6.07, 6.45) is 10.3. The monoisotopic (exact) mass is 304 g/mol. The molecule has 1 aliphatic heterocycles. The van der Waals surface area contributed by atoms with E-state index < -0.39 is 0 Å². The molecule has 0 aromatic carbocycles. The Bertz CT molecular complexity index is 452. The molecule has 2 amide bonds. The standard InChI is InChI=1S/C18H28N2O2/c21-17(13-2-1-3-13)19-15-6-8-20(9-7-15)18(22)16-11-12-4-5-14(16)10-12/h12-16H,1-11H2,(H,19,21)/t12-,14-,16-/m0/s1. The fraction of sp³-hybridized carbons (Fsp3) is 0.889. The lowest BCUT2D eigenvalue weighted by Gasteiger charge is -2.36. The van der Waals surface area contributed by atoms with Crippen molar-refractivity contribution in [2.75, 3.05) is 13.1 Å². The van der Waals surface area contributed by atoms with Crippen molar-refractivity contribution >= 4 is 11.8 Å². The molecule has 4 aliphatic rings. The SMILES string of the molecule is O=C(NC1CCN(C(=O)[C@H]2C[C@H]3CC[C@H]2C3)CC1)C1CCC1. The van der Waals surface area contributed by atoms with Gasteiger partial charge in [0.05, 0.1) is 0 Å². The molecule has 0 aromatic heterocycles. The van der Waals surface area contributed by atoms with E-state index in [1.807, 2.05) is 0 Å². The Morgan fingerprint density at radius 1 is 0.909 bits per heavy atom. The minimum absolute atomic E-state index is 0.254. The molecular weight excluding hydrogens is 276 g/mol. The molecule has 0 radical (unpaired) electrons. The van der Waals surface area contributed by atoms with Gasteiger partial charge in [0.2, 0.25) is 11.8 Å². The van der Waals surface area contributed by atoms with Crippen molar-refractivity contribution in [3.8, 4) is 0 Å². The van der Waals surface area contributed by atoms with Crippen LogP contribution in [0, 0.1) is 23.7 Å². The van der Waals surface area contributed by atoms with E-state index in [0.717, 1.165) is 51.1 Å². The number of piperidine rings is 1. The summed E-state index contributed by atoms with van der Waals surface area (Å²) in [5.41, 5.74) is 0. The highest BCUT2D eigenvalue weighted by Crippen LogP contribution is 2.49. The molecule has 1 saturated heterocycles. The van der Waals surface area contributed by atoms with Crippen LogP contribution in [0.25, 0.3) is 0 Å². The molecule has 1 N–H and O–H groups in total. The minimum Gasteiger partial charge on any atom is -0.353 e. The van der Waals surface area contributed by atoms with Crippen LogP contribution in [0.4, 0.5) is 0 Å². The van der Waals surface area contributed by atoms with Gasteiger partial charge in [-0.15, -0.1) is 0 Å². The summed E-state index contributed by atoms with van der Waals surface area (Å²) in [5.74, 6) is 2.76. The van der Waals surface area contributed by atoms with Crippen molar-refractivity contribution in [2.24, 2.45) is 23.7 Å². The Morgan fingerprint density at radius 3 is 2.23 bits per heavy atom. The Morgan fingerprint density at radius 2 is 1.68 bits per heavy atom. The van der Waals surface area contributed by atoms with Crippen molar-refractivity contribution in [3.63, 3.8) is 0 Å². The van der Waals surface area contributed by atoms with Gasteiger partial charge in [-0.1, -0.05) is 12.8 Å². The van der Waals surface area contributed by atoms with Gasteiger partial charge in [-0.3, -0.25) is 9.59 Å². The molecule has 0 spiro atoms. The van der Waals surface area contributed by atoms with Crippen LogP contribution < -0.4 is 5.32 Å². The van der Waals surface area contributed by atoms with Crippen LogP contribution in [0.15, 0.2) is 0 Å². The summed E-state index contributed by atoms with van der Waals surface area (Å²) in [6, 6.07) is 0.289. The van der Waals surface area contributed by atoms with E-state index in [2.05, 4.69) is 10.2 Å².